The van der Waals surface area contributed by atoms with Crippen LogP contribution in [0.4, 0.5) is 0 Å². The monoisotopic (exact) mass is 275 g/mol. The highest BCUT2D eigenvalue weighted by Crippen LogP contribution is 2.34. The molecule has 0 radical (unpaired) electrons. The molecule has 1 saturated heterocycles. The zero-order chi connectivity index (χ0) is 14.3. The van der Waals surface area contributed by atoms with Gasteiger partial charge in [0, 0.05) is 37.7 Å². The van der Waals surface area contributed by atoms with Crippen molar-refractivity contribution < 1.29 is 9.59 Å². The summed E-state index contributed by atoms with van der Waals surface area (Å²) in [7, 11) is 1.84. The lowest BCUT2D eigenvalue weighted by Gasteiger charge is -2.28. The second kappa shape index (κ2) is 5.04. The number of aryl methyl sites for hydroxylation is 1. The molecular formula is C15H21N3O2. The minimum atomic E-state index is 0.0396. The van der Waals surface area contributed by atoms with Crippen molar-refractivity contribution >= 4 is 11.7 Å². The van der Waals surface area contributed by atoms with Crippen LogP contribution in [-0.2, 0) is 11.8 Å². The maximum Gasteiger partial charge on any atom is 0.257 e. The van der Waals surface area contributed by atoms with Crippen molar-refractivity contribution in [3.63, 3.8) is 0 Å². The third-order valence-electron chi connectivity index (χ3n) is 4.84. The van der Waals surface area contributed by atoms with Crippen molar-refractivity contribution in [1.29, 1.82) is 0 Å². The quantitative estimate of drug-likeness (QED) is 0.825. The summed E-state index contributed by atoms with van der Waals surface area (Å²) >= 11 is 0. The van der Waals surface area contributed by atoms with Gasteiger partial charge in [0.2, 0.25) is 0 Å². The number of likely N-dealkylation sites (tertiary alicyclic amines) is 1. The summed E-state index contributed by atoms with van der Waals surface area (Å²) in [4.78, 5) is 26.6. The van der Waals surface area contributed by atoms with E-state index in [-0.39, 0.29) is 17.9 Å². The average molecular weight is 275 g/mol. The third kappa shape index (κ3) is 2.05. The van der Waals surface area contributed by atoms with Crippen LogP contribution in [0.15, 0.2) is 6.20 Å². The van der Waals surface area contributed by atoms with Crippen molar-refractivity contribution in [3.8, 4) is 0 Å². The molecule has 1 aromatic rings. The van der Waals surface area contributed by atoms with Crippen LogP contribution in [0.2, 0.25) is 0 Å². The highest BCUT2D eigenvalue weighted by molar-refractivity contribution is 5.96. The maximum absolute atomic E-state index is 12.7. The molecule has 2 unspecified atom stereocenters. The minimum absolute atomic E-state index is 0.0396. The molecule has 1 aliphatic heterocycles. The van der Waals surface area contributed by atoms with Gasteiger partial charge in [0.15, 0.2) is 0 Å². The minimum Gasteiger partial charge on any atom is -0.335 e. The highest BCUT2D eigenvalue weighted by Gasteiger charge is 2.40. The van der Waals surface area contributed by atoms with E-state index in [4.69, 9.17) is 0 Å². The van der Waals surface area contributed by atoms with Crippen LogP contribution in [0.5, 0.6) is 0 Å². The van der Waals surface area contributed by atoms with E-state index < -0.39 is 0 Å². The van der Waals surface area contributed by atoms with Gasteiger partial charge < -0.3 is 4.90 Å². The van der Waals surface area contributed by atoms with E-state index in [1.165, 1.54) is 0 Å². The number of Topliss-reactive ketones (excluding diaryl/α,β-unsaturated/α-hetero) is 1. The molecule has 2 fully saturated rings. The predicted molar refractivity (Wildman–Crippen MR) is 74.4 cm³/mol. The Balaban J connectivity index is 1.83. The molecule has 2 aliphatic rings. The van der Waals surface area contributed by atoms with Gasteiger partial charge in [0.05, 0.1) is 11.8 Å². The fraction of sp³-hybridized carbons (Fsp3) is 0.667. The molecule has 0 bridgehead atoms. The van der Waals surface area contributed by atoms with Crippen LogP contribution in [0.3, 0.4) is 0 Å². The van der Waals surface area contributed by atoms with Crippen LogP contribution in [0.25, 0.3) is 0 Å². The number of rotatable bonds is 2. The molecule has 0 N–H and O–H groups in total. The number of aromatic nitrogens is 2. The van der Waals surface area contributed by atoms with Gasteiger partial charge in [-0.05, 0) is 32.6 Å². The van der Waals surface area contributed by atoms with Crippen molar-refractivity contribution in [1.82, 2.24) is 14.7 Å². The first kappa shape index (κ1) is 13.3. The van der Waals surface area contributed by atoms with Crippen molar-refractivity contribution in [2.24, 2.45) is 13.0 Å². The Kier molecular flexibility index (Phi) is 3.36. The molecule has 1 saturated carbocycles. The summed E-state index contributed by atoms with van der Waals surface area (Å²) in [5, 5.41) is 4.15. The first-order chi connectivity index (χ1) is 9.59. The molecule has 0 aromatic carbocycles. The molecule has 2 heterocycles. The van der Waals surface area contributed by atoms with Gasteiger partial charge >= 0.3 is 0 Å². The maximum atomic E-state index is 12.7. The topological polar surface area (TPSA) is 55.2 Å². The Morgan fingerprint density at radius 3 is 2.75 bits per heavy atom. The van der Waals surface area contributed by atoms with E-state index in [1.807, 2.05) is 18.9 Å². The molecule has 1 amide bonds. The smallest absolute Gasteiger partial charge is 0.257 e. The number of hydrogen-bond donors (Lipinski definition) is 0. The standard InChI is InChI=1S/C15H21N3O2/c1-10-12(9-16-17(10)2)15(20)18-8-4-6-13(18)11-5-3-7-14(11)19/h9,11,13H,3-8H2,1-2H3. The Hall–Kier alpha value is -1.65. The van der Waals surface area contributed by atoms with Gasteiger partial charge in [-0.1, -0.05) is 0 Å². The van der Waals surface area contributed by atoms with Crippen LogP contribution >= 0.6 is 0 Å². The number of carbonyl (C=O) groups is 2. The Labute approximate surface area is 118 Å². The van der Waals surface area contributed by atoms with Gasteiger partial charge in [-0.25, -0.2) is 0 Å². The number of hydrogen-bond acceptors (Lipinski definition) is 3. The third-order valence-corrected chi connectivity index (χ3v) is 4.84. The van der Waals surface area contributed by atoms with E-state index in [0.29, 0.717) is 17.8 Å². The molecule has 108 valence electrons. The normalized spacial score (nSPS) is 26.5. The lowest BCUT2D eigenvalue weighted by molar-refractivity contribution is -0.121. The van der Waals surface area contributed by atoms with E-state index in [9.17, 15) is 9.59 Å². The molecule has 2 atom stereocenters. The molecule has 5 heteroatoms. The number of ketones is 1. The molecule has 3 rings (SSSR count). The van der Waals surface area contributed by atoms with E-state index >= 15 is 0 Å². The molecular weight excluding hydrogens is 254 g/mol. The van der Waals surface area contributed by atoms with Crippen molar-refractivity contribution in [3.05, 3.63) is 17.5 Å². The molecule has 1 aromatic heterocycles. The Morgan fingerprint density at radius 2 is 2.15 bits per heavy atom. The molecule has 1 aliphatic carbocycles. The van der Waals surface area contributed by atoms with Crippen LogP contribution in [0.1, 0.15) is 48.2 Å². The summed E-state index contributed by atoms with van der Waals surface area (Å²) < 4.78 is 1.72. The zero-order valence-electron chi connectivity index (χ0n) is 12.1. The van der Waals surface area contributed by atoms with E-state index in [0.717, 1.165) is 37.9 Å². The summed E-state index contributed by atoms with van der Waals surface area (Å²) in [6, 6.07) is 0.108. The SMILES string of the molecule is Cc1c(C(=O)N2CCCC2C2CCCC2=O)cnn1C. The Morgan fingerprint density at radius 1 is 1.35 bits per heavy atom. The number of amides is 1. The first-order valence-electron chi connectivity index (χ1n) is 7.42. The lowest BCUT2D eigenvalue weighted by atomic mass is 9.95. The second-order valence-corrected chi connectivity index (χ2v) is 5.94. The van der Waals surface area contributed by atoms with Crippen molar-refractivity contribution in [2.75, 3.05) is 6.54 Å². The van der Waals surface area contributed by atoms with Gasteiger partial charge in [-0.3, -0.25) is 14.3 Å². The summed E-state index contributed by atoms with van der Waals surface area (Å²) in [6.45, 7) is 2.67. The number of nitrogens with zero attached hydrogens (tertiary/aromatic N) is 3. The average Bonchev–Trinajstić information content (AvgIpc) is 3.11. The highest BCUT2D eigenvalue weighted by atomic mass is 16.2. The van der Waals surface area contributed by atoms with Crippen LogP contribution in [-0.4, -0.2) is 39.0 Å². The molecule has 5 nitrogen and oxygen atoms in total. The first-order valence-corrected chi connectivity index (χ1v) is 7.42. The van der Waals surface area contributed by atoms with Crippen LogP contribution < -0.4 is 0 Å². The molecule has 0 spiro atoms. The van der Waals surface area contributed by atoms with Gasteiger partial charge in [0.25, 0.3) is 5.91 Å². The number of carbonyl (C=O) groups excluding carboxylic acids is 2. The Bertz CT molecular complexity index is 549. The summed E-state index contributed by atoms with van der Waals surface area (Å²) in [6.07, 6.45) is 6.22. The molecule has 20 heavy (non-hydrogen) atoms. The zero-order valence-corrected chi connectivity index (χ0v) is 12.1. The van der Waals surface area contributed by atoms with E-state index in [1.54, 1.807) is 10.9 Å². The lowest BCUT2D eigenvalue weighted by Crippen LogP contribution is -2.41. The second-order valence-electron chi connectivity index (χ2n) is 5.94. The van der Waals surface area contributed by atoms with Gasteiger partial charge in [-0.15, -0.1) is 0 Å². The predicted octanol–water partition coefficient (Wildman–Crippen LogP) is 1.70. The van der Waals surface area contributed by atoms with Crippen molar-refractivity contribution in [2.45, 2.75) is 45.1 Å². The van der Waals surface area contributed by atoms with Gasteiger partial charge in [0.1, 0.15) is 5.78 Å². The summed E-state index contributed by atoms with van der Waals surface area (Å²) in [5.41, 5.74) is 1.56. The van der Waals surface area contributed by atoms with Gasteiger partial charge in [-0.2, -0.15) is 5.10 Å². The van der Waals surface area contributed by atoms with E-state index in [2.05, 4.69) is 5.10 Å². The fourth-order valence-electron chi connectivity index (χ4n) is 3.58. The summed E-state index contributed by atoms with van der Waals surface area (Å²) in [5.74, 6) is 0.453. The van der Waals surface area contributed by atoms with Crippen LogP contribution in [0, 0.1) is 12.8 Å². The largest absolute Gasteiger partial charge is 0.335 e. The fourth-order valence-corrected chi connectivity index (χ4v) is 3.58.